The van der Waals surface area contributed by atoms with Crippen molar-refractivity contribution in [2.75, 3.05) is 13.2 Å². The third-order valence-electron chi connectivity index (χ3n) is 2.51. The summed E-state index contributed by atoms with van der Waals surface area (Å²) in [5.74, 6) is -0.742. The maximum absolute atomic E-state index is 11.2. The molecule has 0 aromatic carbocycles. The van der Waals surface area contributed by atoms with E-state index in [9.17, 15) is 20.1 Å². The van der Waals surface area contributed by atoms with Gasteiger partial charge < -0.3 is 30.5 Å². The zero-order valence-electron chi connectivity index (χ0n) is 9.25. The van der Waals surface area contributed by atoms with Crippen molar-refractivity contribution in [2.45, 2.75) is 30.6 Å². The molecular formula is C8H14N4O6. The molecule has 0 aliphatic carbocycles. The molecule has 10 heteroatoms. The van der Waals surface area contributed by atoms with E-state index in [1.165, 1.54) is 0 Å². The highest BCUT2D eigenvalue weighted by Gasteiger charge is 2.44. The Bertz CT molecular complexity index is 346. The summed E-state index contributed by atoms with van der Waals surface area (Å²) in [5, 5.41) is 42.7. The zero-order chi connectivity index (χ0) is 13.7. The molecule has 1 rings (SSSR count). The second-order valence-electron chi connectivity index (χ2n) is 3.71. The average Bonchev–Trinajstić information content (AvgIpc) is 2.36. The monoisotopic (exact) mass is 262 g/mol. The fourth-order valence-electron chi connectivity index (χ4n) is 1.58. The summed E-state index contributed by atoms with van der Waals surface area (Å²) in [7, 11) is 0. The fourth-order valence-corrected chi connectivity index (χ4v) is 1.58. The fraction of sp³-hybridized carbons (Fsp3) is 0.875. The molecule has 5 N–H and O–H groups in total. The van der Waals surface area contributed by atoms with Crippen molar-refractivity contribution >= 4 is 5.91 Å². The highest BCUT2D eigenvalue weighted by molar-refractivity contribution is 5.78. The lowest BCUT2D eigenvalue weighted by Crippen LogP contribution is -2.64. The molecule has 1 heterocycles. The van der Waals surface area contributed by atoms with E-state index in [1.807, 2.05) is 0 Å². The maximum atomic E-state index is 11.2. The van der Waals surface area contributed by atoms with E-state index in [2.05, 4.69) is 15.3 Å². The second-order valence-corrected chi connectivity index (χ2v) is 3.71. The van der Waals surface area contributed by atoms with Crippen LogP contribution in [-0.4, -0.2) is 70.1 Å². The van der Waals surface area contributed by atoms with Gasteiger partial charge in [0.05, 0.1) is 6.61 Å². The number of aliphatic hydroxyl groups excluding tert-OH is 4. The number of hydrogen-bond donors (Lipinski definition) is 5. The van der Waals surface area contributed by atoms with Gasteiger partial charge in [-0.2, -0.15) is 0 Å². The van der Waals surface area contributed by atoms with Gasteiger partial charge in [-0.3, -0.25) is 4.79 Å². The summed E-state index contributed by atoms with van der Waals surface area (Å²) < 4.78 is 4.81. The average molecular weight is 262 g/mol. The molecule has 0 saturated carbocycles. The van der Waals surface area contributed by atoms with Crippen molar-refractivity contribution in [3.8, 4) is 0 Å². The number of ether oxygens (including phenoxy) is 1. The number of rotatable bonds is 4. The van der Waals surface area contributed by atoms with Gasteiger partial charge >= 0.3 is 0 Å². The summed E-state index contributed by atoms with van der Waals surface area (Å²) in [6.45, 7) is -1.10. The quantitative estimate of drug-likeness (QED) is 0.208. The van der Waals surface area contributed by atoms with E-state index in [0.717, 1.165) is 0 Å². The summed E-state index contributed by atoms with van der Waals surface area (Å²) in [5.41, 5.74) is 8.02. The van der Waals surface area contributed by atoms with E-state index in [0.29, 0.717) is 0 Å². The Morgan fingerprint density at radius 3 is 2.61 bits per heavy atom. The van der Waals surface area contributed by atoms with Crippen LogP contribution < -0.4 is 5.32 Å². The number of nitrogens with zero attached hydrogens (tertiary/aromatic N) is 3. The van der Waals surface area contributed by atoms with Gasteiger partial charge in [0.25, 0.3) is 0 Å². The standard InChI is InChI=1S/C8H14N4O6/c9-12-10-1-4(14)11-5-7(16)6(15)3(2-13)18-8(5)17/h3,5-8,13,15-17H,1-2H2,(H,11,14)/t3?,5-,6+,7-,8+/m1/s1. The molecule has 0 spiro atoms. The molecule has 0 aromatic rings. The normalized spacial score (nSPS) is 35.7. The Hall–Kier alpha value is -1.42. The first kappa shape index (κ1) is 14.6. The van der Waals surface area contributed by atoms with Gasteiger partial charge in [-0.05, 0) is 5.53 Å². The topological polar surface area (TPSA) is 168 Å². The van der Waals surface area contributed by atoms with E-state index >= 15 is 0 Å². The summed E-state index contributed by atoms with van der Waals surface area (Å²) >= 11 is 0. The SMILES string of the molecule is [N-]=[N+]=NCC(=O)N[C@@H]1[C@@H](O)[C@@H](O)C(CO)O[C@@H]1O. The Morgan fingerprint density at radius 1 is 1.39 bits per heavy atom. The Kier molecular flexibility index (Phi) is 5.28. The molecule has 0 bridgehead atoms. The number of amides is 1. The first-order valence-corrected chi connectivity index (χ1v) is 5.12. The first-order valence-electron chi connectivity index (χ1n) is 5.12. The molecule has 1 saturated heterocycles. The molecule has 18 heavy (non-hydrogen) atoms. The molecule has 1 amide bonds. The summed E-state index contributed by atoms with van der Waals surface area (Å²) in [6, 6.07) is -1.27. The molecule has 1 aliphatic heterocycles. The predicted octanol–water partition coefficient (Wildman–Crippen LogP) is -2.79. The van der Waals surface area contributed by atoms with E-state index in [4.69, 9.17) is 15.4 Å². The van der Waals surface area contributed by atoms with E-state index < -0.39 is 49.7 Å². The van der Waals surface area contributed by atoms with Crippen molar-refractivity contribution in [1.82, 2.24) is 5.32 Å². The molecule has 5 atom stereocenters. The van der Waals surface area contributed by atoms with Crippen molar-refractivity contribution in [3.05, 3.63) is 10.4 Å². The number of carbonyl (C=O) groups excluding carboxylic acids is 1. The lowest BCUT2D eigenvalue weighted by molar-refractivity contribution is -0.253. The predicted molar refractivity (Wildman–Crippen MR) is 55.9 cm³/mol. The maximum Gasteiger partial charge on any atom is 0.226 e. The molecule has 0 aromatic heterocycles. The molecule has 1 fully saturated rings. The van der Waals surface area contributed by atoms with Gasteiger partial charge in [-0.1, -0.05) is 5.11 Å². The van der Waals surface area contributed by atoms with Crippen LogP contribution in [0.1, 0.15) is 0 Å². The van der Waals surface area contributed by atoms with Gasteiger partial charge in [0.15, 0.2) is 6.29 Å². The van der Waals surface area contributed by atoms with Crippen LogP contribution in [0.25, 0.3) is 10.4 Å². The van der Waals surface area contributed by atoms with Crippen LogP contribution >= 0.6 is 0 Å². The van der Waals surface area contributed by atoms with Gasteiger partial charge in [0, 0.05) is 4.91 Å². The van der Waals surface area contributed by atoms with Crippen LogP contribution in [0.5, 0.6) is 0 Å². The molecule has 0 radical (unpaired) electrons. The Morgan fingerprint density at radius 2 is 2.06 bits per heavy atom. The van der Waals surface area contributed by atoms with E-state index in [1.54, 1.807) is 0 Å². The van der Waals surface area contributed by atoms with Crippen molar-refractivity contribution in [1.29, 1.82) is 0 Å². The zero-order valence-corrected chi connectivity index (χ0v) is 9.25. The molecule has 10 nitrogen and oxygen atoms in total. The minimum Gasteiger partial charge on any atom is -0.394 e. The molecule has 1 aliphatic rings. The van der Waals surface area contributed by atoms with Crippen molar-refractivity contribution in [3.63, 3.8) is 0 Å². The van der Waals surface area contributed by atoms with E-state index in [-0.39, 0.29) is 0 Å². The number of aliphatic hydroxyl groups is 4. The van der Waals surface area contributed by atoms with Crippen LogP contribution in [-0.2, 0) is 9.53 Å². The smallest absolute Gasteiger partial charge is 0.226 e. The number of nitrogens with one attached hydrogen (secondary N) is 1. The molecule has 102 valence electrons. The third kappa shape index (κ3) is 3.29. The van der Waals surface area contributed by atoms with Crippen LogP contribution in [0.2, 0.25) is 0 Å². The minimum atomic E-state index is -1.59. The molecular weight excluding hydrogens is 248 g/mol. The Labute approximate surface area is 101 Å². The summed E-state index contributed by atoms with van der Waals surface area (Å²) in [6.07, 6.45) is -5.69. The van der Waals surface area contributed by atoms with Crippen LogP contribution in [0.15, 0.2) is 5.11 Å². The van der Waals surface area contributed by atoms with Crippen molar-refractivity contribution in [2.24, 2.45) is 5.11 Å². The minimum absolute atomic E-state index is 0.508. The number of azide groups is 1. The first-order chi connectivity index (χ1) is 8.51. The number of hydrogen-bond acceptors (Lipinski definition) is 7. The number of carbonyl (C=O) groups is 1. The van der Waals surface area contributed by atoms with Gasteiger partial charge in [-0.25, -0.2) is 0 Å². The van der Waals surface area contributed by atoms with Crippen LogP contribution in [0.3, 0.4) is 0 Å². The highest BCUT2D eigenvalue weighted by Crippen LogP contribution is 2.19. The lowest BCUT2D eigenvalue weighted by atomic mass is 9.97. The molecule has 1 unspecified atom stereocenters. The largest absolute Gasteiger partial charge is 0.394 e. The summed E-state index contributed by atoms with van der Waals surface area (Å²) in [4.78, 5) is 13.6. The van der Waals surface area contributed by atoms with Crippen LogP contribution in [0, 0.1) is 0 Å². The lowest BCUT2D eigenvalue weighted by Gasteiger charge is -2.40. The highest BCUT2D eigenvalue weighted by atomic mass is 16.6. The van der Waals surface area contributed by atoms with Gasteiger partial charge in [-0.15, -0.1) is 0 Å². The second kappa shape index (κ2) is 6.50. The van der Waals surface area contributed by atoms with Gasteiger partial charge in [0.1, 0.15) is 30.9 Å². The third-order valence-corrected chi connectivity index (χ3v) is 2.51. The van der Waals surface area contributed by atoms with Crippen LogP contribution in [0.4, 0.5) is 0 Å². The van der Waals surface area contributed by atoms with Gasteiger partial charge in [0.2, 0.25) is 5.91 Å². The van der Waals surface area contributed by atoms with Crippen molar-refractivity contribution < 1.29 is 30.0 Å². The Balaban J connectivity index is 2.64.